The summed E-state index contributed by atoms with van der Waals surface area (Å²) in [7, 11) is -3.82. The average Bonchev–Trinajstić information content (AvgIpc) is 3.40. The second kappa shape index (κ2) is 7.85. The lowest BCUT2D eigenvalue weighted by Gasteiger charge is -2.14. The molecule has 0 spiro atoms. The molecule has 2 aromatic carbocycles. The number of halogens is 1. The minimum Gasteiger partial charge on any atom is -0.465 e. The summed E-state index contributed by atoms with van der Waals surface area (Å²) >= 11 is 5.90. The number of hydrogen-bond acceptors (Lipinski definition) is 5. The van der Waals surface area contributed by atoms with Crippen LogP contribution in [0.2, 0.25) is 5.02 Å². The van der Waals surface area contributed by atoms with E-state index in [1.807, 2.05) is 31.2 Å². The Hall–Kier alpha value is -1.89. The summed E-state index contributed by atoms with van der Waals surface area (Å²) < 4.78 is 32.0. The van der Waals surface area contributed by atoms with Gasteiger partial charge in [-0.25, -0.2) is 8.42 Å². The number of benzene rings is 2. The first-order chi connectivity index (χ1) is 13.3. The van der Waals surface area contributed by atoms with Crippen LogP contribution in [0.5, 0.6) is 0 Å². The van der Waals surface area contributed by atoms with E-state index in [0.29, 0.717) is 5.02 Å². The van der Waals surface area contributed by atoms with Crippen molar-refractivity contribution in [2.45, 2.75) is 36.3 Å². The van der Waals surface area contributed by atoms with E-state index in [4.69, 9.17) is 22.1 Å². The molecule has 1 aliphatic carbocycles. The fraction of sp³-hybridized carbons (Fsp3) is 0.381. The number of rotatable bonds is 7. The molecule has 0 aromatic heterocycles. The molecule has 28 heavy (non-hydrogen) atoms. The van der Waals surface area contributed by atoms with Gasteiger partial charge in [0.1, 0.15) is 5.41 Å². The predicted octanol–water partition coefficient (Wildman–Crippen LogP) is 3.35. The highest BCUT2D eigenvalue weighted by Gasteiger charge is 2.75. The van der Waals surface area contributed by atoms with E-state index in [1.165, 1.54) is 24.3 Å². The maximum Gasteiger partial charge on any atom is 0.315 e. The van der Waals surface area contributed by atoms with Crippen molar-refractivity contribution in [3.8, 4) is 0 Å². The molecule has 0 bridgehead atoms. The highest BCUT2D eigenvalue weighted by Crippen LogP contribution is 2.64. The summed E-state index contributed by atoms with van der Waals surface area (Å²) in [5.41, 5.74) is 6.61. The third-order valence-corrected chi connectivity index (χ3v) is 8.02. The molecule has 150 valence electrons. The van der Waals surface area contributed by atoms with E-state index in [9.17, 15) is 13.2 Å². The normalized spacial score (nSPS) is 24.0. The van der Waals surface area contributed by atoms with Gasteiger partial charge in [-0.3, -0.25) is 4.79 Å². The van der Waals surface area contributed by atoms with Crippen molar-refractivity contribution in [2.24, 2.45) is 11.1 Å². The van der Waals surface area contributed by atoms with E-state index in [-0.39, 0.29) is 18.0 Å². The lowest BCUT2D eigenvalue weighted by molar-refractivity contribution is -0.149. The number of esters is 1. The molecule has 0 radical (unpaired) electrons. The molecular formula is C21H24ClNO4S. The quantitative estimate of drug-likeness (QED) is 0.693. The van der Waals surface area contributed by atoms with Gasteiger partial charge in [0, 0.05) is 17.5 Å². The summed E-state index contributed by atoms with van der Waals surface area (Å²) in [6, 6.07) is 13.6. The van der Waals surface area contributed by atoms with Gasteiger partial charge in [0.2, 0.25) is 0 Å². The number of ether oxygens (including phenoxy) is 1. The fourth-order valence-electron chi connectivity index (χ4n) is 3.90. The third kappa shape index (κ3) is 3.34. The third-order valence-electron chi connectivity index (χ3n) is 5.47. The van der Waals surface area contributed by atoms with E-state index < -0.39 is 32.4 Å². The van der Waals surface area contributed by atoms with Gasteiger partial charge in [-0.2, -0.15) is 0 Å². The summed E-state index contributed by atoms with van der Waals surface area (Å²) in [6.07, 6.45) is 0.872. The maximum absolute atomic E-state index is 13.4. The lowest BCUT2D eigenvalue weighted by atomic mass is 9.98. The predicted molar refractivity (Wildman–Crippen MR) is 109 cm³/mol. The number of nitrogens with two attached hydrogens (primary N) is 1. The SMILES string of the molecule is CCOC(=O)[C@]1(CN)[C@H](c2ccc(CC)cc2)[C@@H]1S(=O)(=O)c1ccc(Cl)cc1. The molecule has 3 rings (SSSR count). The van der Waals surface area contributed by atoms with E-state index in [1.54, 1.807) is 6.92 Å². The van der Waals surface area contributed by atoms with Crippen LogP contribution in [0.1, 0.15) is 30.9 Å². The molecule has 3 atom stereocenters. The van der Waals surface area contributed by atoms with Crippen molar-refractivity contribution in [2.75, 3.05) is 13.2 Å². The molecular weight excluding hydrogens is 398 g/mol. The number of hydrogen-bond donors (Lipinski definition) is 1. The van der Waals surface area contributed by atoms with Gasteiger partial charge in [-0.15, -0.1) is 0 Å². The molecule has 7 heteroatoms. The summed E-state index contributed by atoms with van der Waals surface area (Å²) in [6.45, 7) is 3.79. The molecule has 0 aliphatic heterocycles. The van der Waals surface area contributed by atoms with Crippen molar-refractivity contribution >= 4 is 27.4 Å². The van der Waals surface area contributed by atoms with E-state index >= 15 is 0 Å². The first kappa shape index (κ1) is 20.8. The zero-order valence-corrected chi connectivity index (χ0v) is 17.5. The summed E-state index contributed by atoms with van der Waals surface area (Å²) in [5.74, 6) is -1.12. The fourth-order valence-corrected chi connectivity index (χ4v) is 6.41. The molecule has 2 N–H and O–H groups in total. The Labute approximate surface area is 170 Å². The molecule has 1 fully saturated rings. The van der Waals surface area contributed by atoms with Gasteiger partial charge in [-0.05, 0) is 48.7 Å². The smallest absolute Gasteiger partial charge is 0.315 e. The Morgan fingerprint density at radius 3 is 2.21 bits per heavy atom. The van der Waals surface area contributed by atoms with E-state index in [2.05, 4.69) is 0 Å². The molecule has 2 aromatic rings. The molecule has 0 heterocycles. The zero-order chi connectivity index (χ0) is 20.5. The van der Waals surface area contributed by atoms with Crippen molar-refractivity contribution < 1.29 is 17.9 Å². The number of carbonyl (C=O) groups is 1. The van der Waals surface area contributed by atoms with Gasteiger partial charge < -0.3 is 10.5 Å². The van der Waals surface area contributed by atoms with Crippen LogP contribution in [0.15, 0.2) is 53.4 Å². The second-order valence-electron chi connectivity index (χ2n) is 6.96. The first-order valence-electron chi connectivity index (χ1n) is 9.28. The standard InChI is InChI=1S/C21H24ClNO4S/c1-3-14-5-7-15(8-6-14)18-19(21(18,13-23)20(24)27-4-2)28(25,26)17-11-9-16(22)10-12-17/h5-12,18-19H,3-4,13,23H2,1-2H3/t18-,19+,21-/m1/s1. The molecule has 0 unspecified atom stereocenters. The van der Waals surface area contributed by atoms with Crippen molar-refractivity contribution in [3.63, 3.8) is 0 Å². The van der Waals surface area contributed by atoms with Crippen molar-refractivity contribution in [3.05, 3.63) is 64.7 Å². The minimum absolute atomic E-state index is 0.108. The monoisotopic (exact) mass is 421 g/mol. The van der Waals surface area contributed by atoms with Gasteiger partial charge >= 0.3 is 5.97 Å². The number of carbonyl (C=O) groups excluding carboxylic acids is 1. The largest absolute Gasteiger partial charge is 0.465 e. The Morgan fingerprint density at radius 1 is 1.11 bits per heavy atom. The van der Waals surface area contributed by atoms with Gasteiger partial charge in [-0.1, -0.05) is 42.8 Å². The molecule has 0 saturated heterocycles. The van der Waals surface area contributed by atoms with Crippen molar-refractivity contribution in [1.82, 2.24) is 0 Å². The lowest BCUT2D eigenvalue weighted by Crippen LogP contribution is -2.33. The Bertz CT molecular complexity index is 957. The Kier molecular flexibility index (Phi) is 5.84. The topological polar surface area (TPSA) is 86.5 Å². The van der Waals surface area contributed by atoms with Crippen LogP contribution in [0, 0.1) is 5.41 Å². The van der Waals surface area contributed by atoms with Gasteiger partial charge in [0.05, 0.1) is 16.8 Å². The Balaban J connectivity index is 2.09. The van der Waals surface area contributed by atoms with Crippen LogP contribution in [0.3, 0.4) is 0 Å². The molecule has 1 saturated carbocycles. The molecule has 5 nitrogen and oxygen atoms in total. The zero-order valence-electron chi connectivity index (χ0n) is 15.9. The molecule has 1 aliphatic rings. The van der Waals surface area contributed by atoms with Gasteiger partial charge in [0.25, 0.3) is 0 Å². The van der Waals surface area contributed by atoms with Crippen molar-refractivity contribution in [1.29, 1.82) is 0 Å². The highest BCUT2D eigenvalue weighted by molar-refractivity contribution is 7.92. The number of sulfone groups is 1. The van der Waals surface area contributed by atoms with Gasteiger partial charge in [0.15, 0.2) is 9.84 Å². The average molecular weight is 422 g/mol. The van der Waals surface area contributed by atoms with Crippen LogP contribution in [-0.4, -0.2) is 32.8 Å². The number of aryl methyl sites for hydroxylation is 1. The van der Waals surface area contributed by atoms with Crippen LogP contribution in [-0.2, 0) is 25.8 Å². The van der Waals surface area contributed by atoms with Crippen LogP contribution in [0.25, 0.3) is 0 Å². The van der Waals surface area contributed by atoms with Crippen LogP contribution < -0.4 is 5.73 Å². The summed E-state index contributed by atoms with van der Waals surface area (Å²) in [4.78, 5) is 12.9. The first-order valence-corrected chi connectivity index (χ1v) is 11.2. The Morgan fingerprint density at radius 2 is 1.71 bits per heavy atom. The summed E-state index contributed by atoms with van der Waals surface area (Å²) in [5, 5.41) is -0.533. The maximum atomic E-state index is 13.4. The van der Waals surface area contributed by atoms with Crippen LogP contribution in [0.4, 0.5) is 0 Å². The van der Waals surface area contributed by atoms with E-state index in [0.717, 1.165) is 17.5 Å². The molecule has 0 amide bonds. The van der Waals surface area contributed by atoms with Crippen LogP contribution >= 0.6 is 11.6 Å². The highest BCUT2D eigenvalue weighted by atomic mass is 35.5. The minimum atomic E-state index is -3.82. The second-order valence-corrected chi connectivity index (χ2v) is 9.46.